The smallest absolute Gasteiger partial charge is 0.265 e. The third kappa shape index (κ3) is 1.35. The van der Waals surface area contributed by atoms with E-state index in [0.29, 0.717) is 10.1 Å². The van der Waals surface area contributed by atoms with Crippen molar-refractivity contribution in [3.05, 3.63) is 29.3 Å². The maximum absolute atomic E-state index is 12.6. The number of fused-ring (bicyclic) bond motifs is 1. The van der Waals surface area contributed by atoms with Gasteiger partial charge in [0.05, 0.1) is 0 Å². The van der Waals surface area contributed by atoms with Gasteiger partial charge in [0.1, 0.15) is 0 Å². The van der Waals surface area contributed by atoms with Crippen LogP contribution in [0.4, 0.5) is 8.78 Å². The normalized spacial score (nSPS) is 11.4. The van der Waals surface area contributed by atoms with Gasteiger partial charge in [0.15, 0.2) is 5.06 Å². The zero-order chi connectivity index (χ0) is 10.3. The quantitative estimate of drug-likeness (QED) is 0.764. The maximum Gasteiger partial charge on any atom is 0.265 e. The zero-order valence-corrected chi connectivity index (χ0v) is 8.24. The van der Waals surface area contributed by atoms with Crippen LogP contribution in [0, 0.1) is 6.92 Å². The summed E-state index contributed by atoms with van der Waals surface area (Å²) in [6.45, 7) is 1.84. The molecule has 0 bridgehead atoms. The first kappa shape index (κ1) is 9.40. The third-order valence-electron chi connectivity index (χ3n) is 2.15. The number of aromatic hydroxyl groups is 1. The van der Waals surface area contributed by atoms with Crippen LogP contribution in [0.2, 0.25) is 0 Å². The van der Waals surface area contributed by atoms with E-state index in [1.807, 2.05) is 6.92 Å². The average Bonchev–Trinajstić information content (AvgIpc) is 2.47. The molecule has 2 rings (SSSR count). The van der Waals surface area contributed by atoms with Gasteiger partial charge in [-0.2, -0.15) is 0 Å². The summed E-state index contributed by atoms with van der Waals surface area (Å²) in [5.41, 5.74) is 0.900. The van der Waals surface area contributed by atoms with E-state index in [-0.39, 0.29) is 10.6 Å². The third-order valence-corrected chi connectivity index (χ3v) is 3.14. The molecule has 74 valence electrons. The second kappa shape index (κ2) is 3.20. The summed E-state index contributed by atoms with van der Waals surface area (Å²) in [7, 11) is 0. The number of alkyl halides is 2. The summed E-state index contributed by atoms with van der Waals surface area (Å²) < 4.78 is 25.6. The molecule has 0 aliphatic rings. The highest BCUT2D eigenvalue weighted by Gasteiger charge is 2.14. The first-order chi connectivity index (χ1) is 6.59. The molecule has 1 N–H and O–H groups in total. The Bertz CT molecular complexity index is 476. The molecular formula is C10H8F2OS. The highest BCUT2D eigenvalue weighted by atomic mass is 32.1. The Hall–Kier alpha value is -1.16. The molecule has 1 nitrogen and oxygen atoms in total. The fourth-order valence-corrected chi connectivity index (χ4v) is 2.43. The van der Waals surface area contributed by atoms with E-state index in [1.54, 1.807) is 6.07 Å². The van der Waals surface area contributed by atoms with Gasteiger partial charge in [-0.1, -0.05) is 23.5 Å². The van der Waals surface area contributed by atoms with Crippen molar-refractivity contribution in [2.75, 3.05) is 0 Å². The molecule has 14 heavy (non-hydrogen) atoms. The first-order valence-corrected chi connectivity index (χ1v) is 4.91. The molecule has 0 aliphatic heterocycles. The molecule has 1 aromatic carbocycles. The molecule has 0 saturated heterocycles. The van der Waals surface area contributed by atoms with Crippen LogP contribution in [-0.2, 0) is 0 Å². The molecule has 0 amide bonds. The van der Waals surface area contributed by atoms with Gasteiger partial charge in [0, 0.05) is 10.3 Å². The van der Waals surface area contributed by atoms with Crippen molar-refractivity contribution < 1.29 is 13.9 Å². The predicted molar refractivity (Wildman–Crippen MR) is 53.2 cm³/mol. The standard InChI is InChI=1S/C10H8F2OS/c1-5-2-3-6(10(11)12)9-7(5)4-8(13)14-9/h2-4,10,13H,1H3. The minimum atomic E-state index is -2.49. The van der Waals surface area contributed by atoms with E-state index in [0.717, 1.165) is 16.9 Å². The van der Waals surface area contributed by atoms with E-state index < -0.39 is 6.43 Å². The average molecular weight is 214 g/mol. The summed E-state index contributed by atoms with van der Waals surface area (Å²) in [6, 6.07) is 4.59. The van der Waals surface area contributed by atoms with Gasteiger partial charge >= 0.3 is 0 Å². The van der Waals surface area contributed by atoms with Crippen LogP contribution in [-0.4, -0.2) is 5.11 Å². The van der Waals surface area contributed by atoms with Crippen LogP contribution >= 0.6 is 11.3 Å². The van der Waals surface area contributed by atoms with Crippen LogP contribution in [0.25, 0.3) is 10.1 Å². The second-order valence-corrected chi connectivity index (χ2v) is 4.13. The van der Waals surface area contributed by atoms with Crippen molar-refractivity contribution in [2.45, 2.75) is 13.3 Å². The summed E-state index contributed by atoms with van der Waals surface area (Å²) in [6.07, 6.45) is -2.49. The Morgan fingerprint density at radius 2 is 2.07 bits per heavy atom. The van der Waals surface area contributed by atoms with E-state index in [2.05, 4.69) is 0 Å². The number of hydrogen-bond acceptors (Lipinski definition) is 2. The monoisotopic (exact) mass is 214 g/mol. The van der Waals surface area contributed by atoms with Crippen LogP contribution in [0.5, 0.6) is 5.06 Å². The maximum atomic E-state index is 12.6. The number of benzene rings is 1. The van der Waals surface area contributed by atoms with Gasteiger partial charge in [-0.3, -0.25) is 0 Å². The van der Waals surface area contributed by atoms with E-state index in [1.165, 1.54) is 12.1 Å². The summed E-state index contributed by atoms with van der Waals surface area (Å²) in [5, 5.41) is 10.1. The number of aryl methyl sites for hydroxylation is 1. The highest BCUT2D eigenvalue weighted by molar-refractivity contribution is 7.20. The topological polar surface area (TPSA) is 20.2 Å². The molecule has 4 heteroatoms. The van der Waals surface area contributed by atoms with E-state index in [4.69, 9.17) is 0 Å². The SMILES string of the molecule is Cc1ccc(C(F)F)c2sc(O)cc12. The molecule has 1 heterocycles. The minimum Gasteiger partial charge on any atom is -0.499 e. The zero-order valence-electron chi connectivity index (χ0n) is 7.42. The molecule has 1 aromatic heterocycles. The number of thiophene rings is 1. The van der Waals surface area contributed by atoms with Gasteiger partial charge < -0.3 is 5.11 Å². The number of rotatable bonds is 1. The van der Waals surface area contributed by atoms with Crippen LogP contribution in [0.3, 0.4) is 0 Å². The Morgan fingerprint density at radius 1 is 1.36 bits per heavy atom. The highest BCUT2D eigenvalue weighted by Crippen LogP contribution is 2.38. The predicted octanol–water partition coefficient (Wildman–Crippen LogP) is 3.85. The summed E-state index contributed by atoms with van der Waals surface area (Å²) in [4.78, 5) is 0. The van der Waals surface area contributed by atoms with Crippen LogP contribution in [0.15, 0.2) is 18.2 Å². The van der Waals surface area contributed by atoms with Gasteiger partial charge in [-0.25, -0.2) is 8.78 Å². The summed E-state index contributed by atoms with van der Waals surface area (Å²) in [5.74, 6) is 0. The van der Waals surface area contributed by atoms with E-state index >= 15 is 0 Å². The fourth-order valence-electron chi connectivity index (χ4n) is 1.44. The van der Waals surface area contributed by atoms with Crippen molar-refractivity contribution in [1.82, 2.24) is 0 Å². The lowest BCUT2D eigenvalue weighted by Crippen LogP contribution is -1.84. The van der Waals surface area contributed by atoms with Crippen molar-refractivity contribution in [3.63, 3.8) is 0 Å². The Labute approximate surface area is 83.6 Å². The Balaban J connectivity index is 2.81. The van der Waals surface area contributed by atoms with Crippen molar-refractivity contribution in [1.29, 1.82) is 0 Å². The molecule has 0 radical (unpaired) electrons. The lowest BCUT2D eigenvalue weighted by Gasteiger charge is -2.02. The van der Waals surface area contributed by atoms with Gasteiger partial charge in [-0.15, -0.1) is 0 Å². The molecule has 0 spiro atoms. The molecule has 0 aliphatic carbocycles. The van der Waals surface area contributed by atoms with Gasteiger partial charge in [-0.05, 0) is 23.9 Å². The van der Waals surface area contributed by atoms with Gasteiger partial charge in [0.2, 0.25) is 0 Å². The molecule has 0 atom stereocenters. The molecule has 0 unspecified atom stereocenters. The van der Waals surface area contributed by atoms with Crippen LogP contribution in [0.1, 0.15) is 17.6 Å². The number of hydrogen-bond donors (Lipinski definition) is 1. The largest absolute Gasteiger partial charge is 0.499 e. The molecule has 2 aromatic rings. The lowest BCUT2D eigenvalue weighted by atomic mass is 10.1. The molecular weight excluding hydrogens is 206 g/mol. The second-order valence-electron chi connectivity index (χ2n) is 3.10. The summed E-state index contributed by atoms with van der Waals surface area (Å²) >= 11 is 0.997. The van der Waals surface area contributed by atoms with Crippen molar-refractivity contribution in [2.24, 2.45) is 0 Å². The lowest BCUT2D eigenvalue weighted by molar-refractivity contribution is 0.153. The first-order valence-electron chi connectivity index (χ1n) is 4.09. The Morgan fingerprint density at radius 3 is 2.71 bits per heavy atom. The minimum absolute atomic E-state index is 0.00380. The van der Waals surface area contributed by atoms with Crippen molar-refractivity contribution >= 4 is 21.4 Å². The van der Waals surface area contributed by atoms with Crippen molar-refractivity contribution in [3.8, 4) is 5.06 Å². The number of halogens is 2. The molecule has 0 saturated carbocycles. The fraction of sp³-hybridized carbons (Fsp3) is 0.200. The van der Waals surface area contributed by atoms with Crippen LogP contribution < -0.4 is 0 Å². The van der Waals surface area contributed by atoms with Gasteiger partial charge in [0.25, 0.3) is 6.43 Å². The Kier molecular flexibility index (Phi) is 2.15. The van der Waals surface area contributed by atoms with E-state index in [9.17, 15) is 13.9 Å². The molecule has 0 fully saturated rings.